The van der Waals surface area contributed by atoms with E-state index in [0.29, 0.717) is 18.1 Å². The lowest BCUT2D eigenvalue weighted by molar-refractivity contribution is 0.375. The van der Waals surface area contributed by atoms with Crippen LogP contribution in [0.1, 0.15) is 29.5 Å². The van der Waals surface area contributed by atoms with Gasteiger partial charge in [0.25, 0.3) is 0 Å². The van der Waals surface area contributed by atoms with Gasteiger partial charge in [-0.15, -0.1) is 24.2 Å². The van der Waals surface area contributed by atoms with Gasteiger partial charge in [-0.2, -0.15) is 4.98 Å². The van der Waals surface area contributed by atoms with Crippen molar-refractivity contribution in [3.8, 4) is 0 Å². The van der Waals surface area contributed by atoms with Crippen LogP contribution in [0, 0.1) is 5.82 Å². The first kappa shape index (κ1) is 21.7. The molecule has 2 aromatic carbocycles. The highest BCUT2D eigenvalue weighted by Crippen LogP contribution is 2.40. The number of nitrogens with zero attached hydrogens (tertiary/aromatic N) is 2. The Morgan fingerprint density at radius 1 is 1.22 bits per heavy atom. The molecule has 0 saturated carbocycles. The van der Waals surface area contributed by atoms with E-state index in [1.54, 1.807) is 12.1 Å². The van der Waals surface area contributed by atoms with Crippen LogP contribution >= 0.6 is 35.8 Å². The fraction of sp³-hybridized carbons (Fsp3) is 0.263. The van der Waals surface area contributed by atoms with Crippen LogP contribution < -0.4 is 5.32 Å². The van der Waals surface area contributed by atoms with Crippen molar-refractivity contribution < 1.29 is 8.91 Å². The molecule has 3 aromatic rings. The normalized spacial score (nSPS) is 13.0. The van der Waals surface area contributed by atoms with E-state index in [-0.39, 0.29) is 28.7 Å². The number of hydrogen-bond donors (Lipinski definition) is 1. The van der Waals surface area contributed by atoms with E-state index in [1.807, 2.05) is 37.4 Å². The van der Waals surface area contributed by atoms with Crippen molar-refractivity contribution in [2.75, 3.05) is 7.05 Å². The molecule has 144 valence electrons. The molecule has 0 radical (unpaired) electrons. The van der Waals surface area contributed by atoms with Gasteiger partial charge in [-0.05, 0) is 37.7 Å². The first-order chi connectivity index (χ1) is 12.6. The number of aromatic nitrogens is 2. The average Bonchev–Trinajstić information content (AvgIpc) is 3.11. The molecule has 1 aromatic heterocycles. The molecule has 0 aliphatic carbocycles. The average molecular weight is 428 g/mol. The molecule has 8 heteroatoms. The van der Waals surface area contributed by atoms with Crippen LogP contribution in [0.4, 0.5) is 4.39 Å². The first-order valence-corrected chi connectivity index (χ1v) is 9.49. The van der Waals surface area contributed by atoms with Crippen molar-refractivity contribution in [3.05, 3.63) is 76.6 Å². The Morgan fingerprint density at radius 2 is 1.96 bits per heavy atom. The largest absolute Gasteiger partial charge is 0.338 e. The Kier molecular flexibility index (Phi) is 8.10. The Bertz CT molecular complexity index is 863. The molecular weight excluding hydrogens is 408 g/mol. The van der Waals surface area contributed by atoms with Crippen LogP contribution in [0.2, 0.25) is 5.02 Å². The summed E-state index contributed by atoms with van der Waals surface area (Å²) in [6.07, 6.45) is 0.675. The fourth-order valence-corrected chi connectivity index (χ4v) is 3.75. The van der Waals surface area contributed by atoms with Gasteiger partial charge >= 0.3 is 0 Å². The fourth-order valence-electron chi connectivity index (χ4n) is 2.41. The summed E-state index contributed by atoms with van der Waals surface area (Å²) < 4.78 is 19.0. The lowest BCUT2D eigenvalue weighted by Gasteiger charge is -2.13. The molecule has 0 fully saturated rings. The van der Waals surface area contributed by atoms with Crippen molar-refractivity contribution in [1.82, 2.24) is 15.5 Å². The zero-order chi connectivity index (χ0) is 18.5. The quantitative estimate of drug-likeness (QED) is 0.517. The minimum Gasteiger partial charge on any atom is -0.338 e. The maximum absolute atomic E-state index is 13.5. The van der Waals surface area contributed by atoms with Crippen LogP contribution in [-0.2, 0) is 6.42 Å². The summed E-state index contributed by atoms with van der Waals surface area (Å²) in [5.41, 5.74) is 1.02. The van der Waals surface area contributed by atoms with Gasteiger partial charge in [0.1, 0.15) is 11.1 Å². The Balaban J connectivity index is 0.00000261. The zero-order valence-electron chi connectivity index (χ0n) is 14.9. The van der Waals surface area contributed by atoms with Crippen molar-refractivity contribution in [2.24, 2.45) is 0 Å². The van der Waals surface area contributed by atoms with Crippen molar-refractivity contribution in [3.63, 3.8) is 0 Å². The minimum absolute atomic E-state index is 0. The van der Waals surface area contributed by atoms with E-state index in [9.17, 15) is 4.39 Å². The van der Waals surface area contributed by atoms with Crippen LogP contribution in [0.3, 0.4) is 0 Å². The van der Waals surface area contributed by atoms with E-state index >= 15 is 0 Å². The molecule has 3 rings (SSSR count). The van der Waals surface area contributed by atoms with Gasteiger partial charge in [0, 0.05) is 17.4 Å². The van der Waals surface area contributed by atoms with E-state index in [1.165, 1.54) is 17.8 Å². The highest BCUT2D eigenvalue weighted by atomic mass is 35.5. The predicted octanol–water partition coefficient (Wildman–Crippen LogP) is 5.32. The molecule has 4 nitrogen and oxygen atoms in total. The molecule has 2 unspecified atom stereocenters. The number of hydrogen-bond acceptors (Lipinski definition) is 5. The van der Waals surface area contributed by atoms with Gasteiger partial charge in [0.2, 0.25) is 5.89 Å². The van der Waals surface area contributed by atoms with E-state index < -0.39 is 5.82 Å². The molecule has 0 spiro atoms. The van der Waals surface area contributed by atoms with E-state index in [2.05, 4.69) is 22.4 Å². The third-order valence-electron chi connectivity index (χ3n) is 3.94. The topological polar surface area (TPSA) is 51.0 Å². The smallest absolute Gasteiger partial charge is 0.244 e. The lowest BCUT2D eigenvalue weighted by atomic mass is 10.1. The van der Waals surface area contributed by atoms with Crippen molar-refractivity contribution in [2.45, 2.75) is 29.5 Å². The molecule has 2 atom stereocenters. The molecule has 0 aliphatic heterocycles. The Labute approximate surface area is 173 Å². The van der Waals surface area contributed by atoms with Crippen LogP contribution in [0.25, 0.3) is 0 Å². The number of nitrogens with one attached hydrogen (secondary N) is 1. The third-order valence-corrected chi connectivity index (χ3v) is 5.46. The molecule has 0 aliphatic rings. The van der Waals surface area contributed by atoms with Crippen molar-refractivity contribution >= 4 is 35.8 Å². The van der Waals surface area contributed by atoms with Crippen molar-refractivity contribution in [1.29, 1.82) is 0 Å². The number of likely N-dealkylation sites (N-methyl/N-ethyl adjacent to an activating group) is 1. The lowest BCUT2D eigenvalue weighted by Crippen LogP contribution is -2.24. The number of rotatable bonds is 7. The summed E-state index contributed by atoms with van der Waals surface area (Å²) in [6, 6.07) is 14.8. The number of benzene rings is 2. The van der Waals surface area contributed by atoms with E-state index in [0.717, 1.165) is 10.5 Å². The summed E-state index contributed by atoms with van der Waals surface area (Å²) >= 11 is 7.41. The molecule has 0 saturated heterocycles. The second-order valence-corrected chi connectivity index (χ2v) is 7.51. The van der Waals surface area contributed by atoms with Gasteiger partial charge in [-0.3, -0.25) is 0 Å². The molecule has 0 amide bonds. The molecule has 0 bridgehead atoms. The highest BCUT2D eigenvalue weighted by Gasteiger charge is 2.23. The summed E-state index contributed by atoms with van der Waals surface area (Å²) in [4.78, 5) is 5.39. The minimum atomic E-state index is -0.437. The van der Waals surface area contributed by atoms with Gasteiger partial charge in [-0.25, -0.2) is 4.39 Å². The highest BCUT2D eigenvalue weighted by molar-refractivity contribution is 7.99. The van der Waals surface area contributed by atoms with Gasteiger partial charge in [-0.1, -0.05) is 47.1 Å². The predicted molar refractivity (Wildman–Crippen MR) is 109 cm³/mol. The third kappa shape index (κ3) is 5.69. The second-order valence-electron chi connectivity index (χ2n) is 5.93. The monoisotopic (exact) mass is 427 g/mol. The molecule has 27 heavy (non-hydrogen) atoms. The number of halogens is 3. The summed E-state index contributed by atoms with van der Waals surface area (Å²) in [7, 11) is 1.90. The molecular formula is C19H20Cl2FN3OS. The summed E-state index contributed by atoms with van der Waals surface area (Å²) in [6.45, 7) is 2.06. The number of thioether (sulfide) groups is 1. The summed E-state index contributed by atoms with van der Waals surface area (Å²) in [5.74, 6) is 0.730. The SMILES string of the molecule is CNC(C)Cc1noc(C(Sc2ccc(F)c(Cl)c2)c2ccccc2)n1.Cl. The first-order valence-electron chi connectivity index (χ1n) is 8.23. The Hall–Kier alpha value is -1.60. The van der Waals surface area contributed by atoms with Crippen LogP contribution in [-0.4, -0.2) is 23.2 Å². The van der Waals surface area contributed by atoms with E-state index in [4.69, 9.17) is 16.1 Å². The Morgan fingerprint density at radius 3 is 2.63 bits per heavy atom. The van der Waals surface area contributed by atoms with Gasteiger partial charge in [0.05, 0.1) is 5.02 Å². The standard InChI is InChI=1S/C19H19ClFN3OS.ClH/c1-12(22-2)10-17-23-19(25-24-17)18(13-6-4-3-5-7-13)26-14-8-9-16(21)15(20)11-14;/h3-9,11-12,18,22H,10H2,1-2H3;1H. The summed E-state index contributed by atoms with van der Waals surface area (Å²) in [5, 5.41) is 7.14. The van der Waals surface area contributed by atoms with Crippen LogP contribution in [0.15, 0.2) is 57.9 Å². The second kappa shape index (κ2) is 10.1. The maximum atomic E-state index is 13.5. The van der Waals surface area contributed by atoms with Crippen LogP contribution in [0.5, 0.6) is 0 Å². The molecule has 1 N–H and O–H groups in total. The zero-order valence-corrected chi connectivity index (χ0v) is 17.2. The maximum Gasteiger partial charge on any atom is 0.244 e. The van der Waals surface area contributed by atoms with Gasteiger partial charge in [0.15, 0.2) is 5.82 Å². The van der Waals surface area contributed by atoms with Gasteiger partial charge < -0.3 is 9.84 Å². The molecule has 1 heterocycles.